The zero-order chi connectivity index (χ0) is 15.9. The van der Waals surface area contributed by atoms with E-state index in [4.69, 9.17) is 9.84 Å². The Morgan fingerprint density at radius 3 is 2.62 bits per heavy atom. The van der Waals surface area contributed by atoms with E-state index in [0.717, 1.165) is 4.31 Å². The van der Waals surface area contributed by atoms with E-state index in [9.17, 15) is 13.2 Å². The van der Waals surface area contributed by atoms with Gasteiger partial charge in [0, 0.05) is 32.2 Å². The predicted octanol–water partition coefficient (Wildman–Crippen LogP) is 0.909. The maximum absolute atomic E-state index is 12.5. The Bertz CT molecular complexity index is 570. The molecule has 0 saturated heterocycles. The van der Waals surface area contributed by atoms with Gasteiger partial charge in [-0.25, -0.2) is 8.42 Å². The van der Waals surface area contributed by atoms with Gasteiger partial charge in [0.05, 0.1) is 18.1 Å². The number of aliphatic hydroxyl groups is 1. The van der Waals surface area contributed by atoms with Gasteiger partial charge >= 0.3 is 0 Å². The van der Waals surface area contributed by atoms with Crippen LogP contribution in [0.15, 0.2) is 29.2 Å². The summed E-state index contributed by atoms with van der Waals surface area (Å²) in [4.78, 5) is 11.7. The monoisotopic (exact) mass is 315 g/mol. The van der Waals surface area contributed by atoms with Crippen LogP contribution in [0.1, 0.15) is 23.7 Å². The smallest absolute Gasteiger partial charge is 0.243 e. The van der Waals surface area contributed by atoms with Crippen LogP contribution < -0.4 is 0 Å². The number of rotatable bonds is 9. The van der Waals surface area contributed by atoms with Crippen molar-refractivity contribution >= 4 is 15.8 Å². The van der Waals surface area contributed by atoms with Crippen molar-refractivity contribution in [1.82, 2.24) is 4.31 Å². The Balaban J connectivity index is 3.12. The van der Waals surface area contributed by atoms with E-state index >= 15 is 0 Å². The lowest BCUT2D eigenvalue weighted by atomic mass is 10.1. The molecule has 0 spiro atoms. The average Bonchev–Trinajstić information content (AvgIpc) is 2.50. The maximum Gasteiger partial charge on any atom is 0.243 e. The molecule has 0 aromatic heterocycles. The summed E-state index contributed by atoms with van der Waals surface area (Å²) < 4.78 is 31.1. The number of carbonyl (C=O) groups is 1. The first-order chi connectivity index (χ1) is 9.97. The standard InChI is InChI=1S/C14H21NO5S/c1-3-14(17)12-5-4-6-13(11-12)21(18,19)15(7-9-16)8-10-20-2/h4-6,11,16H,3,7-10H2,1-2H3. The molecule has 1 N–H and O–H groups in total. The summed E-state index contributed by atoms with van der Waals surface area (Å²) in [6.45, 7) is 1.80. The summed E-state index contributed by atoms with van der Waals surface area (Å²) in [6, 6.07) is 5.96. The van der Waals surface area contributed by atoms with Gasteiger partial charge in [0.1, 0.15) is 0 Å². The number of hydrogen-bond donors (Lipinski definition) is 1. The highest BCUT2D eigenvalue weighted by Crippen LogP contribution is 2.17. The SMILES string of the molecule is CCC(=O)c1cccc(S(=O)(=O)N(CCO)CCOC)c1. The minimum Gasteiger partial charge on any atom is -0.395 e. The first kappa shape index (κ1) is 17.8. The number of benzene rings is 1. The summed E-state index contributed by atoms with van der Waals surface area (Å²) in [5, 5.41) is 9.03. The minimum atomic E-state index is -3.76. The number of aliphatic hydroxyl groups excluding tert-OH is 1. The number of carbonyl (C=O) groups excluding carboxylic acids is 1. The second-order valence-electron chi connectivity index (χ2n) is 4.43. The van der Waals surface area contributed by atoms with Crippen molar-refractivity contribution in [3.8, 4) is 0 Å². The largest absolute Gasteiger partial charge is 0.395 e. The van der Waals surface area contributed by atoms with Crippen molar-refractivity contribution < 1.29 is 23.1 Å². The van der Waals surface area contributed by atoms with Crippen molar-refractivity contribution in [2.24, 2.45) is 0 Å². The highest BCUT2D eigenvalue weighted by Gasteiger charge is 2.24. The zero-order valence-corrected chi connectivity index (χ0v) is 13.1. The molecule has 0 atom stereocenters. The summed E-state index contributed by atoms with van der Waals surface area (Å²) in [6.07, 6.45) is 0.313. The average molecular weight is 315 g/mol. The van der Waals surface area contributed by atoms with Gasteiger partial charge in [-0.2, -0.15) is 4.31 Å². The van der Waals surface area contributed by atoms with E-state index < -0.39 is 10.0 Å². The molecule has 0 unspecified atom stereocenters. The topological polar surface area (TPSA) is 83.9 Å². The third kappa shape index (κ3) is 4.60. The van der Waals surface area contributed by atoms with E-state index in [1.54, 1.807) is 19.1 Å². The molecule has 1 rings (SSSR count). The van der Waals surface area contributed by atoms with E-state index in [0.29, 0.717) is 12.0 Å². The van der Waals surface area contributed by atoms with Crippen molar-refractivity contribution in [2.75, 3.05) is 33.4 Å². The molecule has 0 radical (unpaired) electrons. The van der Waals surface area contributed by atoms with Crippen LogP contribution in [-0.4, -0.2) is 57.0 Å². The van der Waals surface area contributed by atoms with Gasteiger partial charge in [0.15, 0.2) is 5.78 Å². The highest BCUT2D eigenvalue weighted by atomic mass is 32.2. The number of ketones is 1. The van der Waals surface area contributed by atoms with Crippen molar-refractivity contribution in [3.63, 3.8) is 0 Å². The molecule has 1 aromatic rings. The number of ether oxygens (including phenoxy) is 1. The molecule has 21 heavy (non-hydrogen) atoms. The molecule has 0 heterocycles. The van der Waals surface area contributed by atoms with Gasteiger partial charge in [0.25, 0.3) is 0 Å². The fourth-order valence-corrected chi connectivity index (χ4v) is 3.30. The van der Waals surface area contributed by atoms with Gasteiger partial charge < -0.3 is 9.84 Å². The molecule has 7 heteroatoms. The predicted molar refractivity (Wildman–Crippen MR) is 78.8 cm³/mol. The number of methoxy groups -OCH3 is 1. The quantitative estimate of drug-likeness (QED) is 0.685. The molecule has 0 aliphatic heterocycles. The lowest BCUT2D eigenvalue weighted by molar-refractivity contribution is 0.0988. The molecule has 0 fully saturated rings. The number of sulfonamides is 1. The van der Waals surface area contributed by atoms with Gasteiger partial charge in [-0.1, -0.05) is 19.1 Å². The van der Waals surface area contributed by atoms with Crippen LogP contribution in [0.3, 0.4) is 0 Å². The fraction of sp³-hybridized carbons (Fsp3) is 0.500. The van der Waals surface area contributed by atoms with Crippen LogP contribution >= 0.6 is 0 Å². The van der Waals surface area contributed by atoms with E-state index in [2.05, 4.69) is 0 Å². The molecule has 6 nitrogen and oxygen atoms in total. The van der Waals surface area contributed by atoms with Crippen molar-refractivity contribution in [1.29, 1.82) is 0 Å². The highest BCUT2D eigenvalue weighted by molar-refractivity contribution is 7.89. The van der Waals surface area contributed by atoms with Crippen LogP contribution in [-0.2, 0) is 14.8 Å². The Hall–Kier alpha value is -1.28. The van der Waals surface area contributed by atoms with Gasteiger partial charge in [-0.15, -0.1) is 0 Å². The zero-order valence-electron chi connectivity index (χ0n) is 12.3. The minimum absolute atomic E-state index is 0.0162. The number of hydrogen-bond acceptors (Lipinski definition) is 5. The third-order valence-corrected chi connectivity index (χ3v) is 4.90. The molecule has 1 aromatic carbocycles. The van der Waals surface area contributed by atoms with Gasteiger partial charge in [0.2, 0.25) is 10.0 Å². The van der Waals surface area contributed by atoms with Gasteiger partial charge in [-0.05, 0) is 12.1 Å². The maximum atomic E-state index is 12.5. The Morgan fingerprint density at radius 1 is 1.33 bits per heavy atom. The van der Waals surface area contributed by atoms with E-state index in [1.165, 1.54) is 19.2 Å². The van der Waals surface area contributed by atoms with E-state index in [-0.39, 0.29) is 37.0 Å². The molecule has 0 saturated carbocycles. The fourth-order valence-electron chi connectivity index (χ4n) is 1.84. The molecular weight excluding hydrogens is 294 g/mol. The molecule has 0 amide bonds. The summed E-state index contributed by atoms with van der Waals surface area (Å²) in [7, 11) is -2.28. The van der Waals surface area contributed by atoms with E-state index in [1.807, 2.05) is 0 Å². The molecular formula is C14H21NO5S. The normalized spacial score (nSPS) is 11.8. The van der Waals surface area contributed by atoms with Crippen LogP contribution in [0.25, 0.3) is 0 Å². The number of Topliss-reactive ketones (excluding diaryl/α,β-unsaturated/α-hetero) is 1. The lowest BCUT2D eigenvalue weighted by Gasteiger charge is -2.21. The second-order valence-corrected chi connectivity index (χ2v) is 6.36. The Labute approximate surface area is 125 Å². The first-order valence-electron chi connectivity index (χ1n) is 6.70. The van der Waals surface area contributed by atoms with Crippen molar-refractivity contribution in [3.05, 3.63) is 29.8 Å². The molecule has 0 bridgehead atoms. The second kappa shape index (κ2) is 8.23. The molecule has 118 valence electrons. The first-order valence-corrected chi connectivity index (χ1v) is 8.14. The molecule has 0 aliphatic carbocycles. The molecule has 0 aliphatic rings. The van der Waals surface area contributed by atoms with Crippen LogP contribution in [0.4, 0.5) is 0 Å². The van der Waals surface area contributed by atoms with Crippen molar-refractivity contribution in [2.45, 2.75) is 18.2 Å². The Kier molecular flexibility index (Phi) is 6.97. The summed E-state index contributed by atoms with van der Waals surface area (Å²) in [5.74, 6) is -0.113. The number of nitrogens with zero attached hydrogens (tertiary/aromatic N) is 1. The van der Waals surface area contributed by atoms with Crippen LogP contribution in [0, 0.1) is 0 Å². The third-order valence-electron chi connectivity index (χ3n) is 3.01. The van der Waals surface area contributed by atoms with Gasteiger partial charge in [-0.3, -0.25) is 4.79 Å². The Morgan fingerprint density at radius 2 is 2.05 bits per heavy atom. The lowest BCUT2D eigenvalue weighted by Crippen LogP contribution is -2.36. The summed E-state index contributed by atoms with van der Waals surface area (Å²) >= 11 is 0. The van der Waals surface area contributed by atoms with Crippen LogP contribution in [0.5, 0.6) is 0 Å². The summed E-state index contributed by atoms with van der Waals surface area (Å²) in [5.41, 5.74) is 0.370. The van der Waals surface area contributed by atoms with Crippen LogP contribution in [0.2, 0.25) is 0 Å².